The van der Waals surface area contributed by atoms with Gasteiger partial charge in [-0.2, -0.15) is 5.10 Å². The number of aromatic carboxylic acids is 1. The van der Waals surface area contributed by atoms with Crippen LogP contribution in [0.4, 0.5) is 0 Å². The minimum atomic E-state index is -1.17. The highest BCUT2D eigenvalue weighted by Crippen LogP contribution is 2.36. The normalized spacial score (nSPS) is 17.9. The molecule has 2 aromatic heterocycles. The molecule has 0 fully saturated rings. The van der Waals surface area contributed by atoms with Gasteiger partial charge in [-0.05, 0) is 5.16 Å². The summed E-state index contributed by atoms with van der Waals surface area (Å²) in [6.07, 6.45) is -0.787. The standard InChI is InChI=1S/C8H6N4O4/c13-3-1-2-5(12-16-11-2)6-4(3)7(8(14)15)10-9-6/h3,13H,1H2,(H,9,10)(H,14,15). The number of fused-ring (bicyclic) bond motifs is 3. The molecule has 16 heavy (non-hydrogen) atoms. The Labute approximate surface area is 87.9 Å². The van der Waals surface area contributed by atoms with Crippen LogP contribution in [0.3, 0.4) is 0 Å². The molecule has 0 spiro atoms. The molecule has 1 unspecified atom stereocenters. The highest BCUT2D eigenvalue weighted by atomic mass is 16.6. The third-order valence-corrected chi connectivity index (χ3v) is 2.52. The van der Waals surface area contributed by atoms with Gasteiger partial charge in [0.2, 0.25) is 0 Å². The van der Waals surface area contributed by atoms with E-state index in [0.29, 0.717) is 11.4 Å². The molecule has 0 amide bonds. The van der Waals surface area contributed by atoms with Crippen LogP contribution in [-0.2, 0) is 6.42 Å². The van der Waals surface area contributed by atoms with E-state index in [0.717, 1.165) is 0 Å². The van der Waals surface area contributed by atoms with E-state index in [9.17, 15) is 9.90 Å². The fraction of sp³-hybridized carbons (Fsp3) is 0.250. The van der Waals surface area contributed by atoms with E-state index < -0.39 is 12.1 Å². The molecular weight excluding hydrogens is 216 g/mol. The van der Waals surface area contributed by atoms with Gasteiger partial charge in [0.1, 0.15) is 17.1 Å². The molecule has 0 bridgehead atoms. The summed E-state index contributed by atoms with van der Waals surface area (Å²) in [7, 11) is 0. The van der Waals surface area contributed by atoms with E-state index in [1.165, 1.54) is 0 Å². The molecule has 2 heterocycles. The number of carbonyl (C=O) groups is 1. The summed E-state index contributed by atoms with van der Waals surface area (Å²) < 4.78 is 4.53. The monoisotopic (exact) mass is 222 g/mol. The smallest absolute Gasteiger partial charge is 0.354 e. The topological polar surface area (TPSA) is 125 Å². The van der Waals surface area contributed by atoms with Crippen LogP contribution in [-0.4, -0.2) is 36.7 Å². The number of H-pyrrole nitrogens is 1. The van der Waals surface area contributed by atoms with Crippen molar-refractivity contribution in [2.75, 3.05) is 0 Å². The highest BCUT2D eigenvalue weighted by molar-refractivity contribution is 5.90. The second-order valence-electron chi connectivity index (χ2n) is 3.45. The molecule has 0 aromatic carbocycles. The number of nitrogens with zero attached hydrogens (tertiary/aromatic N) is 3. The van der Waals surface area contributed by atoms with Gasteiger partial charge >= 0.3 is 5.97 Å². The maximum Gasteiger partial charge on any atom is 0.354 e. The molecule has 8 nitrogen and oxygen atoms in total. The van der Waals surface area contributed by atoms with Gasteiger partial charge in [0.25, 0.3) is 0 Å². The summed E-state index contributed by atoms with van der Waals surface area (Å²) in [5.74, 6) is -1.17. The van der Waals surface area contributed by atoms with Crippen molar-refractivity contribution in [3.63, 3.8) is 0 Å². The highest BCUT2D eigenvalue weighted by Gasteiger charge is 2.34. The second kappa shape index (κ2) is 2.89. The first-order chi connectivity index (χ1) is 7.68. The fourth-order valence-corrected chi connectivity index (χ4v) is 1.82. The zero-order valence-corrected chi connectivity index (χ0v) is 7.84. The van der Waals surface area contributed by atoms with Crippen molar-refractivity contribution in [2.45, 2.75) is 12.5 Å². The van der Waals surface area contributed by atoms with Gasteiger partial charge < -0.3 is 10.2 Å². The first kappa shape index (κ1) is 9.04. The zero-order chi connectivity index (χ0) is 11.3. The molecule has 1 atom stereocenters. The van der Waals surface area contributed by atoms with Crippen LogP contribution in [0.25, 0.3) is 11.4 Å². The van der Waals surface area contributed by atoms with Crippen LogP contribution in [0.5, 0.6) is 0 Å². The molecule has 1 aliphatic rings. The lowest BCUT2D eigenvalue weighted by molar-refractivity contribution is 0.0682. The largest absolute Gasteiger partial charge is 0.477 e. The third-order valence-electron chi connectivity index (χ3n) is 2.52. The second-order valence-corrected chi connectivity index (χ2v) is 3.45. The van der Waals surface area contributed by atoms with Gasteiger partial charge in [-0.3, -0.25) is 5.10 Å². The lowest BCUT2D eigenvalue weighted by Gasteiger charge is -2.14. The van der Waals surface area contributed by atoms with Crippen LogP contribution >= 0.6 is 0 Å². The Morgan fingerprint density at radius 2 is 2.25 bits per heavy atom. The van der Waals surface area contributed by atoms with Crippen LogP contribution in [0.15, 0.2) is 4.63 Å². The van der Waals surface area contributed by atoms with Gasteiger partial charge in [0, 0.05) is 12.0 Å². The van der Waals surface area contributed by atoms with Crippen LogP contribution in [0.1, 0.15) is 27.8 Å². The molecule has 8 heteroatoms. The molecule has 2 aromatic rings. The lowest BCUT2D eigenvalue weighted by atomic mass is 9.94. The average Bonchev–Trinajstić information content (AvgIpc) is 2.80. The van der Waals surface area contributed by atoms with Crippen molar-refractivity contribution in [1.29, 1.82) is 0 Å². The molecule has 3 rings (SSSR count). The first-order valence-electron chi connectivity index (χ1n) is 4.50. The van der Waals surface area contributed by atoms with Gasteiger partial charge in [0.05, 0.1) is 6.10 Å². The number of aliphatic hydroxyl groups excluding tert-OH is 1. The van der Waals surface area contributed by atoms with Crippen LogP contribution in [0.2, 0.25) is 0 Å². The summed E-state index contributed by atoms with van der Waals surface area (Å²) in [4.78, 5) is 10.9. The number of rotatable bonds is 1. The Balaban J connectivity index is 2.27. The number of aliphatic hydroxyl groups is 1. The van der Waals surface area contributed by atoms with E-state index in [1.54, 1.807) is 0 Å². The molecule has 3 N–H and O–H groups in total. The maximum absolute atomic E-state index is 10.9. The van der Waals surface area contributed by atoms with Gasteiger partial charge in [-0.1, -0.05) is 5.16 Å². The minimum absolute atomic E-state index is 0.129. The van der Waals surface area contributed by atoms with Crippen molar-refractivity contribution in [3.05, 3.63) is 17.0 Å². The lowest BCUT2D eigenvalue weighted by Crippen LogP contribution is -2.13. The van der Waals surface area contributed by atoms with E-state index in [4.69, 9.17) is 5.11 Å². The predicted molar refractivity (Wildman–Crippen MR) is 47.5 cm³/mol. The maximum atomic E-state index is 10.9. The third kappa shape index (κ3) is 1.01. The molecule has 0 aliphatic heterocycles. The van der Waals surface area contributed by atoms with Crippen molar-refractivity contribution >= 4 is 5.97 Å². The molecule has 0 saturated heterocycles. The van der Waals surface area contributed by atoms with Crippen LogP contribution in [0, 0.1) is 0 Å². The van der Waals surface area contributed by atoms with E-state index in [2.05, 4.69) is 25.1 Å². The summed E-state index contributed by atoms with van der Waals surface area (Å²) >= 11 is 0. The van der Waals surface area contributed by atoms with Crippen molar-refractivity contribution in [1.82, 2.24) is 20.5 Å². The number of hydrogen-bond donors (Lipinski definition) is 3. The summed E-state index contributed by atoms with van der Waals surface area (Å²) in [5.41, 5.74) is 1.24. The summed E-state index contributed by atoms with van der Waals surface area (Å²) in [6, 6.07) is 0. The molecule has 0 saturated carbocycles. The molecule has 82 valence electrons. The zero-order valence-electron chi connectivity index (χ0n) is 7.84. The van der Waals surface area contributed by atoms with E-state index in [-0.39, 0.29) is 23.4 Å². The van der Waals surface area contributed by atoms with E-state index in [1.807, 2.05) is 0 Å². The number of aromatic nitrogens is 4. The average molecular weight is 222 g/mol. The predicted octanol–water partition coefficient (Wildman–Crippen LogP) is -0.253. The van der Waals surface area contributed by atoms with Gasteiger partial charge in [-0.15, -0.1) is 0 Å². The Kier molecular flexibility index (Phi) is 1.63. The van der Waals surface area contributed by atoms with E-state index >= 15 is 0 Å². The molecule has 0 radical (unpaired) electrons. The van der Waals surface area contributed by atoms with Gasteiger partial charge in [0.15, 0.2) is 5.69 Å². The fourth-order valence-electron chi connectivity index (χ4n) is 1.82. The first-order valence-corrected chi connectivity index (χ1v) is 4.50. The Bertz CT molecular complexity index is 572. The number of carboxylic acid groups (broad SMARTS) is 1. The molecular formula is C8H6N4O4. The van der Waals surface area contributed by atoms with Crippen LogP contribution < -0.4 is 0 Å². The Morgan fingerprint density at radius 1 is 1.44 bits per heavy atom. The number of carboxylic acids is 1. The van der Waals surface area contributed by atoms with Crippen molar-refractivity contribution in [2.24, 2.45) is 0 Å². The number of aromatic amines is 1. The number of nitrogens with one attached hydrogen (secondary N) is 1. The minimum Gasteiger partial charge on any atom is -0.477 e. The SMILES string of the molecule is O=C(O)c1[nH]nc2c1C(O)Cc1nonc1-2. The Hall–Kier alpha value is -2.22. The number of hydrogen-bond acceptors (Lipinski definition) is 6. The van der Waals surface area contributed by atoms with Crippen molar-refractivity contribution < 1.29 is 19.6 Å². The quantitative estimate of drug-likeness (QED) is 0.607. The molecule has 1 aliphatic carbocycles. The summed E-state index contributed by atoms with van der Waals surface area (Å²) in [6.45, 7) is 0. The van der Waals surface area contributed by atoms with Gasteiger partial charge in [-0.25, -0.2) is 9.42 Å². The Morgan fingerprint density at radius 3 is 3.00 bits per heavy atom. The summed E-state index contributed by atoms with van der Waals surface area (Å²) in [5, 5.41) is 32.1. The van der Waals surface area contributed by atoms with Crippen molar-refractivity contribution in [3.8, 4) is 11.4 Å².